The highest BCUT2D eigenvalue weighted by atomic mass is 16.2. The van der Waals surface area contributed by atoms with Crippen molar-refractivity contribution in [3.63, 3.8) is 0 Å². The van der Waals surface area contributed by atoms with Gasteiger partial charge in [-0.3, -0.25) is 24.0 Å². The van der Waals surface area contributed by atoms with Crippen LogP contribution in [0, 0.1) is 5.92 Å². The molecule has 1 aliphatic carbocycles. The van der Waals surface area contributed by atoms with Gasteiger partial charge in [-0.2, -0.15) is 0 Å². The van der Waals surface area contributed by atoms with Gasteiger partial charge in [0.05, 0.1) is 6.54 Å². The van der Waals surface area contributed by atoms with E-state index in [2.05, 4.69) is 11.1 Å². The smallest absolute Gasteiger partial charge is 0.330 e. The molecule has 3 N–H and O–H groups in total. The molecule has 29 heavy (non-hydrogen) atoms. The van der Waals surface area contributed by atoms with Gasteiger partial charge in [-0.15, -0.1) is 0 Å². The summed E-state index contributed by atoms with van der Waals surface area (Å²) in [5.74, 6) is -0.308. The molecule has 1 amide bonds. The molecule has 1 unspecified atom stereocenters. The minimum Gasteiger partial charge on any atom is -0.383 e. The van der Waals surface area contributed by atoms with Crippen molar-refractivity contribution < 1.29 is 4.79 Å². The molecule has 0 aliphatic heterocycles. The highest BCUT2D eigenvalue weighted by Crippen LogP contribution is 2.26. The first-order chi connectivity index (χ1) is 14.0. The van der Waals surface area contributed by atoms with Crippen LogP contribution in [0.1, 0.15) is 44.6 Å². The number of amides is 1. The van der Waals surface area contributed by atoms with Crippen molar-refractivity contribution in [2.45, 2.75) is 52.1 Å². The minimum absolute atomic E-state index is 0.0443. The first-order valence-corrected chi connectivity index (χ1v) is 10.2. The Morgan fingerprint density at radius 2 is 2.00 bits per heavy atom. The molecule has 1 aromatic carbocycles. The zero-order valence-electron chi connectivity index (χ0n) is 16.8. The molecule has 0 spiro atoms. The number of benzene rings is 1. The SMILES string of the molecule is CCCCn1c(N)c(N(Cc2ccccc2)C(=O)C2CC=CCC2)c(=O)[nH]c1=O. The summed E-state index contributed by atoms with van der Waals surface area (Å²) in [6.45, 7) is 2.62. The fraction of sp³-hybridized carbons (Fsp3) is 0.409. The van der Waals surface area contributed by atoms with E-state index in [0.29, 0.717) is 13.0 Å². The molecular weight excluding hydrogens is 368 g/mol. The van der Waals surface area contributed by atoms with Crippen LogP contribution in [-0.2, 0) is 17.9 Å². The lowest BCUT2D eigenvalue weighted by Crippen LogP contribution is -2.43. The van der Waals surface area contributed by atoms with Gasteiger partial charge in [0, 0.05) is 12.5 Å². The molecule has 1 aliphatic rings. The van der Waals surface area contributed by atoms with Crippen molar-refractivity contribution in [2.75, 3.05) is 10.6 Å². The highest BCUT2D eigenvalue weighted by molar-refractivity contribution is 5.97. The normalized spacial score (nSPS) is 16.0. The third-order valence-corrected chi connectivity index (χ3v) is 5.29. The largest absolute Gasteiger partial charge is 0.383 e. The van der Waals surface area contributed by atoms with Gasteiger partial charge in [-0.05, 0) is 31.2 Å². The van der Waals surface area contributed by atoms with Crippen LogP contribution in [0.25, 0.3) is 0 Å². The molecule has 0 radical (unpaired) electrons. The summed E-state index contributed by atoms with van der Waals surface area (Å²) in [6.07, 6.45) is 7.89. The van der Waals surface area contributed by atoms with E-state index in [4.69, 9.17) is 5.73 Å². The van der Waals surface area contributed by atoms with Crippen molar-refractivity contribution in [1.82, 2.24) is 9.55 Å². The number of carbonyl (C=O) groups excluding carboxylic acids is 1. The quantitative estimate of drug-likeness (QED) is 0.703. The highest BCUT2D eigenvalue weighted by Gasteiger charge is 2.30. The first kappa shape index (κ1) is 20.6. The monoisotopic (exact) mass is 396 g/mol. The van der Waals surface area contributed by atoms with Crippen LogP contribution in [0.15, 0.2) is 52.1 Å². The van der Waals surface area contributed by atoms with Gasteiger partial charge in [-0.25, -0.2) is 4.79 Å². The second-order valence-electron chi connectivity index (χ2n) is 7.39. The van der Waals surface area contributed by atoms with E-state index in [1.54, 1.807) is 0 Å². The van der Waals surface area contributed by atoms with Crippen LogP contribution in [0.4, 0.5) is 11.5 Å². The van der Waals surface area contributed by atoms with Crippen molar-refractivity contribution in [1.29, 1.82) is 0 Å². The van der Waals surface area contributed by atoms with E-state index in [-0.39, 0.29) is 29.9 Å². The lowest BCUT2D eigenvalue weighted by molar-refractivity contribution is -0.122. The molecule has 1 aromatic heterocycles. The fourth-order valence-corrected chi connectivity index (χ4v) is 3.65. The number of hydrogen-bond donors (Lipinski definition) is 2. The maximum Gasteiger partial charge on any atom is 0.330 e. The molecule has 1 atom stereocenters. The topological polar surface area (TPSA) is 101 Å². The van der Waals surface area contributed by atoms with Crippen LogP contribution >= 0.6 is 0 Å². The average molecular weight is 396 g/mol. The number of unbranched alkanes of at least 4 members (excludes halogenated alkanes) is 1. The van der Waals surface area contributed by atoms with Crippen molar-refractivity contribution in [2.24, 2.45) is 5.92 Å². The maximum absolute atomic E-state index is 13.4. The van der Waals surface area contributed by atoms with Crippen molar-refractivity contribution in [3.8, 4) is 0 Å². The second-order valence-corrected chi connectivity index (χ2v) is 7.39. The Labute approximate surface area is 169 Å². The zero-order chi connectivity index (χ0) is 20.8. The van der Waals surface area contributed by atoms with Gasteiger partial charge < -0.3 is 5.73 Å². The summed E-state index contributed by atoms with van der Waals surface area (Å²) in [5.41, 5.74) is 6.06. The van der Waals surface area contributed by atoms with Crippen molar-refractivity contribution >= 4 is 17.4 Å². The van der Waals surface area contributed by atoms with E-state index in [9.17, 15) is 14.4 Å². The number of anilines is 2. The number of aromatic nitrogens is 2. The average Bonchev–Trinajstić information content (AvgIpc) is 2.73. The predicted molar refractivity (Wildman–Crippen MR) is 115 cm³/mol. The van der Waals surface area contributed by atoms with E-state index in [1.165, 1.54) is 9.47 Å². The molecule has 154 valence electrons. The number of hydrogen-bond acceptors (Lipinski definition) is 4. The predicted octanol–water partition coefficient (Wildman–Crippen LogP) is 2.81. The van der Waals surface area contributed by atoms with E-state index < -0.39 is 11.2 Å². The molecule has 0 fully saturated rings. The summed E-state index contributed by atoms with van der Waals surface area (Å²) < 4.78 is 1.35. The molecule has 3 rings (SSSR count). The number of carbonyl (C=O) groups is 1. The Morgan fingerprint density at radius 1 is 1.24 bits per heavy atom. The summed E-state index contributed by atoms with van der Waals surface area (Å²) >= 11 is 0. The molecule has 0 saturated heterocycles. The third-order valence-electron chi connectivity index (χ3n) is 5.29. The van der Waals surface area contributed by atoms with Crippen LogP contribution in [0.2, 0.25) is 0 Å². The number of aromatic amines is 1. The third kappa shape index (κ3) is 4.67. The lowest BCUT2D eigenvalue weighted by Gasteiger charge is -2.29. The molecule has 1 heterocycles. The first-order valence-electron chi connectivity index (χ1n) is 10.2. The molecule has 7 heteroatoms. The standard InChI is InChI=1S/C22H28N4O3/c1-2-3-14-25-19(23)18(20(27)24-22(25)29)26(15-16-10-6-4-7-11-16)21(28)17-12-8-5-9-13-17/h4-8,10-11,17H,2-3,9,12-15,23H2,1H3,(H,24,27,29). The van der Waals surface area contributed by atoms with Gasteiger partial charge in [0.2, 0.25) is 5.91 Å². The Balaban J connectivity index is 2.07. The van der Waals surface area contributed by atoms with Crippen LogP contribution < -0.4 is 21.9 Å². The number of nitrogen functional groups attached to an aromatic ring is 1. The van der Waals surface area contributed by atoms with Gasteiger partial charge >= 0.3 is 5.69 Å². The Kier molecular flexibility index (Phi) is 6.69. The number of allylic oxidation sites excluding steroid dienone is 2. The van der Waals surface area contributed by atoms with Crippen LogP contribution in [-0.4, -0.2) is 15.5 Å². The van der Waals surface area contributed by atoms with E-state index in [1.807, 2.05) is 43.3 Å². The number of H-pyrrole nitrogens is 1. The second kappa shape index (κ2) is 9.41. The molecular formula is C22H28N4O3. The summed E-state index contributed by atoms with van der Waals surface area (Å²) in [4.78, 5) is 42.2. The van der Waals surface area contributed by atoms with Gasteiger partial charge in [0.1, 0.15) is 5.82 Å². The number of nitrogens with zero attached hydrogens (tertiary/aromatic N) is 2. The van der Waals surface area contributed by atoms with Gasteiger partial charge in [0.25, 0.3) is 5.56 Å². The number of nitrogens with one attached hydrogen (secondary N) is 1. The molecule has 0 bridgehead atoms. The van der Waals surface area contributed by atoms with Gasteiger partial charge in [0.15, 0.2) is 5.69 Å². The fourth-order valence-electron chi connectivity index (χ4n) is 3.65. The summed E-state index contributed by atoms with van der Waals surface area (Å²) in [6, 6.07) is 9.47. The number of nitrogens with two attached hydrogens (primary N) is 1. The minimum atomic E-state index is -0.629. The Bertz CT molecular complexity index is 991. The van der Waals surface area contributed by atoms with Crippen LogP contribution in [0.5, 0.6) is 0 Å². The molecule has 2 aromatic rings. The van der Waals surface area contributed by atoms with Gasteiger partial charge in [-0.1, -0.05) is 55.8 Å². The molecule has 0 saturated carbocycles. The van der Waals surface area contributed by atoms with Crippen molar-refractivity contribution in [3.05, 3.63) is 68.9 Å². The molecule has 7 nitrogen and oxygen atoms in total. The van der Waals surface area contributed by atoms with E-state index in [0.717, 1.165) is 31.2 Å². The summed E-state index contributed by atoms with van der Waals surface area (Å²) in [5, 5.41) is 0. The Hall–Kier alpha value is -3.09. The van der Waals surface area contributed by atoms with E-state index >= 15 is 0 Å². The Morgan fingerprint density at radius 3 is 2.66 bits per heavy atom. The van der Waals surface area contributed by atoms with Crippen LogP contribution in [0.3, 0.4) is 0 Å². The zero-order valence-corrected chi connectivity index (χ0v) is 16.8. The number of rotatable bonds is 7. The maximum atomic E-state index is 13.4. The lowest BCUT2D eigenvalue weighted by atomic mass is 9.92. The summed E-state index contributed by atoms with van der Waals surface area (Å²) in [7, 11) is 0.